The third-order valence-corrected chi connectivity index (χ3v) is 5.91. The zero-order chi connectivity index (χ0) is 20.5. The molecule has 0 unspecified atom stereocenters. The van der Waals surface area contributed by atoms with E-state index in [1.807, 2.05) is 66.7 Å². The minimum Gasteiger partial charge on any atom is -0.353 e. The van der Waals surface area contributed by atoms with Gasteiger partial charge in [0.1, 0.15) is 5.82 Å². The normalized spacial score (nSPS) is 13.8. The maximum absolute atomic E-state index is 13.7. The number of hydrogen-bond acceptors (Lipinski definition) is 3. The van der Waals surface area contributed by atoms with E-state index in [0.717, 1.165) is 46.6 Å². The van der Waals surface area contributed by atoms with Gasteiger partial charge >= 0.3 is 0 Å². The number of para-hydroxylation sites is 1. The number of hydrogen-bond donors (Lipinski definition) is 0. The maximum Gasteiger partial charge on any atom is 0.256 e. The van der Waals surface area contributed by atoms with Gasteiger partial charge in [-0.1, -0.05) is 54.6 Å². The van der Waals surface area contributed by atoms with Crippen LogP contribution in [0.3, 0.4) is 0 Å². The molecule has 1 amide bonds. The van der Waals surface area contributed by atoms with Crippen LogP contribution in [0.5, 0.6) is 0 Å². The number of anilines is 1. The Balaban J connectivity index is 0.00000231. The number of fused-ring (bicyclic) bond motifs is 1. The molecule has 0 N–H and O–H groups in total. The second-order valence-electron chi connectivity index (χ2n) is 7.63. The van der Waals surface area contributed by atoms with Gasteiger partial charge in [-0.2, -0.15) is 0 Å². The SMILES string of the molecule is Cl.Cn1c(-c2ccccc2)c(C(=O)N2CCN(c3ccccn3)CC2)c2ccccc21. The van der Waals surface area contributed by atoms with Gasteiger partial charge in [-0.3, -0.25) is 4.79 Å². The highest BCUT2D eigenvalue weighted by Crippen LogP contribution is 2.34. The van der Waals surface area contributed by atoms with Crippen molar-refractivity contribution in [2.45, 2.75) is 0 Å². The maximum atomic E-state index is 13.7. The van der Waals surface area contributed by atoms with E-state index in [1.165, 1.54) is 0 Å². The van der Waals surface area contributed by atoms with Crippen molar-refractivity contribution in [2.75, 3.05) is 31.1 Å². The molecular weight excluding hydrogens is 408 g/mol. The quantitative estimate of drug-likeness (QED) is 0.474. The first-order valence-electron chi connectivity index (χ1n) is 10.3. The summed E-state index contributed by atoms with van der Waals surface area (Å²) in [5.41, 5.74) is 3.91. The van der Waals surface area contributed by atoms with Gasteiger partial charge in [-0.25, -0.2) is 4.98 Å². The minimum atomic E-state index is 0. The Morgan fingerprint density at radius 1 is 0.839 bits per heavy atom. The third kappa shape index (κ3) is 3.77. The minimum absolute atomic E-state index is 0. The summed E-state index contributed by atoms with van der Waals surface area (Å²) in [6, 6.07) is 24.3. The average molecular weight is 433 g/mol. The lowest BCUT2D eigenvalue weighted by Gasteiger charge is -2.35. The molecule has 31 heavy (non-hydrogen) atoms. The number of carbonyl (C=O) groups is 1. The fourth-order valence-electron chi connectivity index (χ4n) is 4.38. The number of aryl methyl sites for hydroxylation is 1. The molecule has 0 bridgehead atoms. The Labute approximate surface area is 188 Å². The molecule has 158 valence electrons. The molecule has 2 aromatic heterocycles. The summed E-state index contributed by atoms with van der Waals surface area (Å²) in [5, 5.41) is 1.01. The lowest BCUT2D eigenvalue weighted by Crippen LogP contribution is -2.49. The van der Waals surface area contributed by atoms with Gasteiger partial charge in [-0.15, -0.1) is 12.4 Å². The Morgan fingerprint density at radius 2 is 1.52 bits per heavy atom. The summed E-state index contributed by atoms with van der Waals surface area (Å²) >= 11 is 0. The van der Waals surface area contributed by atoms with Crippen molar-refractivity contribution >= 4 is 35.0 Å². The predicted octanol–water partition coefficient (Wildman–Crippen LogP) is 4.62. The highest BCUT2D eigenvalue weighted by atomic mass is 35.5. The van der Waals surface area contributed by atoms with Crippen LogP contribution in [-0.2, 0) is 7.05 Å². The van der Waals surface area contributed by atoms with Crippen molar-refractivity contribution < 1.29 is 4.79 Å². The molecule has 0 aliphatic carbocycles. The topological polar surface area (TPSA) is 41.4 Å². The zero-order valence-corrected chi connectivity index (χ0v) is 18.3. The molecule has 0 spiro atoms. The summed E-state index contributed by atoms with van der Waals surface area (Å²) in [6.07, 6.45) is 1.81. The van der Waals surface area contributed by atoms with Gasteiger partial charge in [0, 0.05) is 50.3 Å². The Hall–Kier alpha value is -3.31. The number of pyridine rings is 1. The average Bonchev–Trinajstić information content (AvgIpc) is 3.12. The molecule has 1 aliphatic rings. The molecule has 6 heteroatoms. The Morgan fingerprint density at radius 3 is 2.23 bits per heavy atom. The van der Waals surface area contributed by atoms with E-state index in [1.54, 1.807) is 0 Å². The number of halogens is 1. The highest BCUT2D eigenvalue weighted by molar-refractivity contribution is 6.12. The van der Waals surface area contributed by atoms with Crippen LogP contribution in [0.1, 0.15) is 10.4 Å². The predicted molar refractivity (Wildman–Crippen MR) is 128 cm³/mol. The largest absolute Gasteiger partial charge is 0.353 e. The first kappa shape index (κ1) is 20.9. The summed E-state index contributed by atoms with van der Waals surface area (Å²) in [4.78, 5) is 22.4. The fourth-order valence-corrected chi connectivity index (χ4v) is 4.38. The molecule has 5 rings (SSSR count). The van der Waals surface area contributed by atoms with Crippen molar-refractivity contribution in [3.63, 3.8) is 0 Å². The van der Waals surface area contributed by atoms with E-state index in [0.29, 0.717) is 13.1 Å². The standard InChI is InChI=1S/C25H24N4O.ClH/c1-27-21-12-6-5-11-20(21)23(24(27)19-9-3-2-4-10-19)25(30)29-17-15-28(16-18-29)22-13-7-8-14-26-22;/h2-14H,15-18H2,1H3;1H. The molecule has 1 saturated heterocycles. The molecule has 1 fully saturated rings. The van der Waals surface area contributed by atoms with Gasteiger partial charge in [-0.05, 0) is 23.8 Å². The Kier molecular flexibility index (Phi) is 5.96. The van der Waals surface area contributed by atoms with Crippen molar-refractivity contribution in [1.82, 2.24) is 14.5 Å². The zero-order valence-electron chi connectivity index (χ0n) is 17.4. The lowest BCUT2D eigenvalue weighted by atomic mass is 10.0. The van der Waals surface area contributed by atoms with Crippen molar-refractivity contribution in [2.24, 2.45) is 7.05 Å². The molecule has 3 heterocycles. The first-order chi connectivity index (χ1) is 14.7. The van der Waals surface area contributed by atoms with Crippen LogP contribution < -0.4 is 4.90 Å². The molecule has 4 aromatic rings. The van der Waals surface area contributed by atoms with Crippen molar-refractivity contribution in [1.29, 1.82) is 0 Å². The van der Waals surface area contributed by atoms with E-state index in [4.69, 9.17) is 0 Å². The number of rotatable bonds is 3. The van der Waals surface area contributed by atoms with Crippen LogP contribution in [0.25, 0.3) is 22.2 Å². The summed E-state index contributed by atoms with van der Waals surface area (Å²) in [7, 11) is 2.04. The smallest absolute Gasteiger partial charge is 0.256 e. The lowest BCUT2D eigenvalue weighted by molar-refractivity contribution is 0.0749. The van der Waals surface area contributed by atoms with Crippen molar-refractivity contribution in [3.05, 3.63) is 84.6 Å². The fraction of sp³-hybridized carbons (Fsp3) is 0.200. The second-order valence-corrected chi connectivity index (χ2v) is 7.63. The number of carbonyl (C=O) groups excluding carboxylic acids is 1. The van der Waals surface area contributed by atoms with Gasteiger partial charge in [0.05, 0.1) is 11.3 Å². The second kappa shape index (κ2) is 8.82. The number of nitrogens with zero attached hydrogens (tertiary/aromatic N) is 4. The van der Waals surface area contributed by atoms with Gasteiger partial charge in [0.15, 0.2) is 0 Å². The van der Waals surface area contributed by atoms with Crippen LogP contribution in [0, 0.1) is 0 Å². The monoisotopic (exact) mass is 432 g/mol. The molecular formula is C25H25ClN4O. The van der Waals surface area contributed by atoms with Crippen molar-refractivity contribution in [3.8, 4) is 11.3 Å². The van der Waals surface area contributed by atoms with Crippen LogP contribution in [0.15, 0.2) is 79.0 Å². The number of amides is 1. The van der Waals surface area contributed by atoms with Gasteiger partial charge in [0.25, 0.3) is 5.91 Å². The van der Waals surface area contributed by atoms with Crippen LogP contribution in [0.2, 0.25) is 0 Å². The summed E-state index contributed by atoms with van der Waals surface area (Å²) in [5.74, 6) is 1.08. The number of piperazine rings is 1. The first-order valence-corrected chi connectivity index (χ1v) is 10.3. The van der Waals surface area contributed by atoms with Gasteiger partial charge < -0.3 is 14.4 Å². The molecule has 0 saturated carbocycles. The molecule has 5 nitrogen and oxygen atoms in total. The van der Waals surface area contributed by atoms with Crippen LogP contribution in [-0.4, -0.2) is 46.5 Å². The molecule has 1 aliphatic heterocycles. The van der Waals surface area contributed by atoms with Crippen LogP contribution >= 0.6 is 12.4 Å². The summed E-state index contributed by atoms with van der Waals surface area (Å²) in [6.45, 7) is 2.95. The van der Waals surface area contributed by atoms with E-state index in [9.17, 15) is 4.79 Å². The molecule has 2 aromatic carbocycles. The van der Waals surface area contributed by atoms with Gasteiger partial charge in [0.2, 0.25) is 0 Å². The molecule has 0 atom stereocenters. The van der Waals surface area contributed by atoms with E-state index < -0.39 is 0 Å². The number of aromatic nitrogens is 2. The number of benzene rings is 2. The van der Waals surface area contributed by atoms with Crippen LogP contribution in [0.4, 0.5) is 5.82 Å². The summed E-state index contributed by atoms with van der Waals surface area (Å²) < 4.78 is 2.14. The van der Waals surface area contributed by atoms with E-state index in [-0.39, 0.29) is 18.3 Å². The van der Waals surface area contributed by atoms with E-state index in [2.05, 4.69) is 38.7 Å². The molecule has 0 radical (unpaired) electrons. The third-order valence-electron chi connectivity index (χ3n) is 5.91. The van der Waals surface area contributed by atoms with E-state index >= 15 is 0 Å². The Bertz CT molecular complexity index is 1180. The highest BCUT2D eigenvalue weighted by Gasteiger charge is 2.28.